The molecule has 0 bridgehead atoms. The fourth-order valence-corrected chi connectivity index (χ4v) is 4.03. The molecule has 154 valence electrons. The molecule has 1 aliphatic heterocycles. The maximum Gasteiger partial charge on any atom is 0.306 e. The van der Waals surface area contributed by atoms with Gasteiger partial charge in [0, 0.05) is 23.9 Å². The third-order valence-corrected chi connectivity index (χ3v) is 5.80. The van der Waals surface area contributed by atoms with E-state index in [4.69, 9.17) is 4.74 Å². The minimum absolute atomic E-state index is 0.148. The summed E-state index contributed by atoms with van der Waals surface area (Å²) in [7, 11) is 0. The summed E-state index contributed by atoms with van der Waals surface area (Å²) in [4.78, 5) is 12.1. The molecule has 0 aromatic heterocycles. The first kappa shape index (κ1) is 23.4. The van der Waals surface area contributed by atoms with Crippen molar-refractivity contribution in [3.8, 4) is 0 Å². The van der Waals surface area contributed by atoms with Crippen LogP contribution in [0.2, 0.25) is 0 Å². The summed E-state index contributed by atoms with van der Waals surface area (Å²) in [5, 5.41) is 13.4. The predicted molar refractivity (Wildman–Crippen MR) is 109 cm³/mol. The number of hydrogen-bond donors (Lipinski definition) is 0. The van der Waals surface area contributed by atoms with E-state index >= 15 is 0 Å². The first-order valence-corrected chi connectivity index (χ1v) is 10.9. The lowest BCUT2D eigenvalue weighted by molar-refractivity contribution is -0.152. The minimum Gasteiger partial charge on any atom is -0.784 e. The molecule has 0 saturated carbocycles. The van der Waals surface area contributed by atoms with Gasteiger partial charge in [-0.05, 0) is 34.1 Å². The molecule has 1 fully saturated rings. The molecule has 0 aromatic carbocycles. The number of carbonyl (C=O) groups is 1. The van der Waals surface area contributed by atoms with E-state index in [0.29, 0.717) is 12.8 Å². The number of unbranched alkanes of at least 4 members (excludes halogenated alkanes) is 10. The quantitative estimate of drug-likeness (QED) is 0.280. The van der Waals surface area contributed by atoms with Crippen LogP contribution in [0.15, 0.2) is 0 Å². The van der Waals surface area contributed by atoms with Crippen molar-refractivity contribution in [3.63, 3.8) is 0 Å². The minimum atomic E-state index is -0.643. The average molecular weight is 369 g/mol. The van der Waals surface area contributed by atoms with E-state index in [-0.39, 0.29) is 12.1 Å². The number of carbonyl (C=O) groups excluding carboxylic acids is 1. The highest BCUT2D eigenvalue weighted by Crippen LogP contribution is 2.41. The van der Waals surface area contributed by atoms with Gasteiger partial charge in [0.15, 0.2) is 0 Å². The molecular weight excluding hydrogens is 326 g/mol. The highest BCUT2D eigenvalue weighted by atomic mass is 16.6. The van der Waals surface area contributed by atoms with Crippen LogP contribution in [-0.2, 0) is 9.53 Å². The molecule has 4 heteroatoms. The number of ether oxygens (including phenoxy) is 1. The molecule has 1 aliphatic rings. The Morgan fingerprint density at radius 2 is 1.38 bits per heavy atom. The van der Waals surface area contributed by atoms with Crippen LogP contribution >= 0.6 is 0 Å². The molecule has 0 N–H and O–H groups in total. The predicted octanol–water partition coefficient (Wildman–Crippen LogP) is 6.36. The lowest BCUT2D eigenvalue weighted by Crippen LogP contribution is -2.47. The van der Waals surface area contributed by atoms with Crippen LogP contribution in [0.3, 0.4) is 0 Å². The van der Waals surface area contributed by atoms with Gasteiger partial charge in [0.1, 0.15) is 6.10 Å². The summed E-state index contributed by atoms with van der Waals surface area (Å²) in [6, 6.07) is 0. The Bertz CT molecular complexity index is 406. The Morgan fingerprint density at radius 1 is 0.923 bits per heavy atom. The van der Waals surface area contributed by atoms with Crippen molar-refractivity contribution < 1.29 is 9.53 Å². The Kier molecular flexibility index (Phi) is 10.2. The first-order valence-electron chi connectivity index (χ1n) is 10.9. The molecule has 0 amide bonds. The maximum atomic E-state index is 12.3. The van der Waals surface area contributed by atoms with E-state index in [1.165, 1.54) is 57.8 Å². The van der Waals surface area contributed by atoms with Crippen molar-refractivity contribution in [2.75, 3.05) is 0 Å². The Balaban J connectivity index is 2.06. The van der Waals surface area contributed by atoms with Crippen molar-refractivity contribution in [1.29, 1.82) is 0 Å². The lowest BCUT2D eigenvalue weighted by Gasteiger charge is -2.46. The van der Waals surface area contributed by atoms with Gasteiger partial charge < -0.3 is 15.0 Å². The molecule has 4 nitrogen and oxygen atoms in total. The van der Waals surface area contributed by atoms with E-state index in [0.717, 1.165) is 17.9 Å². The summed E-state index contributed by atoms with van der Waals surface area (Å²) >= 11 is 0. The first-order chi connectivity index (χ1) is 12.2. The Morgan fingerprint density at radius 3 is 1.81 bits per heavy atom. The molecule has 1 rings (SSSR count). The smallest absolute Gasteiger partial charge is 0.306 e. The highest BCUT2D eigenvalue weighted by Gasteiger charge is 2.48. The molecule has 1 heterocycles. The topological polar surface area (TPSA) is 52.6 Å². The third kappa shape index (κ3) is 7.56. The summed E-state index contributed by atoms with van der Waals surface area (Å²) < 4.78 is 5.64. The monoisotopic (exact) mass is 368 g/mol. The van der Waals surface area contributed by atoms with Crippen molar-refractivity contribution in [2.45, 2.75) is 135 Å². The van der Waals surface area contributed by atoms with Crippen molar-refractivity contribution in [3.05, 3.63) is 5.21 Å². The average Bonchev–Trinajstić information content (AvgIpc) is 2.72. The van der Waals surface area contributed by atoms with Crippen LogP contribution in [-0.4, -0.2) is 28.2 Å². The van der Waals surface area contributed by atoms with Crippen molar-refractivity contribution in [2.24, 2.45) is 0 Å². The van der Waals surface area contributed by atoms with Gasteiger partial charge in [-0.1, -0.05) is 71.1 Å². The van der Waals surface area contributed by atoms with E-state index in [9.17, 15) is 10.0 Å². The van der Waals surface area contributed by atoms with Gasteiger partial charge in [-0.15, -0.1) is 0 Å². The third-order valence-electron chi connectivity index (χ3n) is 5.80. The second kappa shape index (κ2) is 11.3. The second-order valence-corrected chi connectivity index (χ2v) is 9.23. The molecule has 1 atom stereocenters. The van der Waals surface area contributed by atoms with E-state index in [2.05, 4.69) is 6.92 Å². The van der Waals surface area contributed by atoms with Gasteiger partial charge in [0.05, 0.1) is 0 Å². The molecule has 1 unspecified atom stereocenters. The van der Waals surface area contributed by atoms with Crippen LogP contribution in [0.5, 0.6) is 0 Å². The number of rotatable bonds is 13. The number of esters is 1. The second-order valence-electron chi connectivity index (χ2n) is 9.23. The van der Waals surface area contributed by atoms with Gasteiger partial charge in [0.2, 0.25) is 0 Å². The summed E-state index contributed by atoms with van der Waals surface area (Å²) in [5.41, 5.74) is -1.11. The normalized spacial score (nSPS) is 21.8. The molecule has 1 saturated heterocycles. The van der Waals surface area contributed by atoms with Crippen molar-refractivity contribution in [1.82, 2.24) is 5.06 Å². The number of nitrogens with zero attached hydrogens (tertiary/aromatic N) is 1. The highest BCUT2D eigenvalue weighted by molar-refractivity contribution is 5.69. The fourth-order valence-electron chi connectivity index (χ4n) is 4.03. The lowest BCUT2D eigenvalue weighted by atomic mass is 9.97. The number of hydrogen-bond acceptors (Lipinski definition) is 4. The van der Waals surface area contributed by atoms with E-state index in [1.54, 1.807) is 0 Å². The molecule has 26 heavy (non-hydrogen) atoms. The van der Waals surface area contributed by atoms with Gasteiger partial charge in [-0.2, -0.15) is 0 Å². The van der Waals surface area contributed by atoms with Crippen LogP contribution in [0.4, 0.5) is 0 Å². The molecule has 0 aromatic rings. The van der Waals surface area contributed by atoms with E-state index < -0.39 is 11.1 Å². The Labute approximate surface area is 161 Å². The summed E-state index contributed by atoms with van der Waals surface area (Å²) in [6.07, 6.45) is 14.7. The van der Waals surface area contributed by atoms with Crippen LogP contribution in [0.25, 0.3) is 0 Å². The Hall–Kier alpha value is -0.610. The van der Waals surface area contributed by atoms with Crippen molar-refractivity contribution >= 4 is 5.97 Å². The maximum absolute atomic E-state index is 12.3. The van der Waals surface area contributed by atoms with Gasteiger partial charge >= 0.3 is 5.97 Å². The SMILES string of the molecule is CCCCCCCCCCCCCC(=O)OC1CC(C)(C)N([O-])C1(C)C. The van der Waals surface area contributed by atoms with Crippen LogP contribution < -0.4 is 0 Å². The molecule has 0 spiro atoms. The van der Waals surface area contributed by atoms with E-state index in [1.807, 2.05) is 27.7 Å². The van der Waals surface area contributed by atoms with Gasteiger partial charge in [-0.3, -0.25) is 4.79 Å². The zero-order valence-electron chi connectivity index (χ0n) is 17.9. The number of hydroxylamine groups is 2. The summed E-state index contributed by atoms with van der Waals surface area (Å²) in [5.74, 6) is -0.148. The molecular formula is C22H42NO3-. The summed E-state index contributed by atoms with van der Waals surface area (Å²) in [6.45, 7) is 9.83. The van der Waals surface area contributed by atoms with Gasteiger partial charge in [-0.25, -0.2) is 0 Å². The zero-order valence-corrected chi connectivity index (χ0v) is 17.9. The molecule has 0 aliphatic carbocycles. The standard InChI is InChI=1S/C22H42NO3/c1-6-7-8-9-10-11-12-13-14-15-16-17-20(24)26-19-18-21(2,3)23(25)22(19,4)5/h19H,6-18H2,1-5H3/q-1. The van der Waals surface area contributed by atoms with Gasteiger partial charge in [0.25, 0.3) is 0 Å². The fraction of sp³-hybridized carbons (Fsp3) is 0.955. The zero-order chi connectivity index (χ0) is 19.6. The van der Waals surface area contributed by atoms with Crippen LogP contribution in [0, 0.1) is 5.21 Å². The largest absolute Gasteiger partial charge is 0.784 e. The molecule has 0 radical (unpaired) electrons. The van der Waals surface area contributed by atoms with Crippen LogP contribution in [0.1, 0.15) is 118 Å².